The Kier molecular flexibility index (Phi) is 3.66. The molecule has 1 saturated heterocycles. The van der Waals surface area contributed by atoms with Gasteiger partial charge in [0.2, 0.25) is 0 Å². The molecule has 2 rings (SSSR count). The minimum atomic E-state index is 0.351. The minimum absolute atomic E-state index is 0.351. The van der Waals surface area contributed by atoms with Gasteiger partial charge in [-0.05, 0) is 31.9 Å². The molecule has 1 unspecified atom stereocenters. The molecule has 1 atom stereocenters. The van der Waals surface area contributed by atoms with Crippen LogP contribution in [0.15, 0.2) is 24.3 Å². The number of nitrogens with zero attached hydrogens (tertiary/aromatic N) is 1. The van der Waals surface area contributed by atoms with E-state index in [2.05, 4.69) is 36.1 Å². The van der Waals surface area contributed by atoms with Crippen LogP contribution in [0.3, 0.4) is 0 Å². The molecular weight excluding hydrogens is 206 g/mol. The van der Waals surface area contributed by atoms with Crippen LogP contribution in [0.5, 0.6) is 0 Å². The Balaban J connectivity index is 1.96. The zero-order valence-corrected chi connectivity index (χ0v) is 10.0. The van der Waals surface area contributed by atoms with E-state index in [0.717, 1.165) is 13.1 Å². The largest absolute Gasteiger partial charge is 0.298 e. The minimum Gasteiger partial charge on any atom is -0.298 e. The van der Waals surface area contributed by atoms with Crippen LogP contribution in [0.1, 0.15) is 24.0 Å². The number of aryl methyl sites for hydroxylation is 1. The number of hydrogen-bond acceptors (Lipinski definition) is 1. The van der Waals surface area contributed by atoms with Crippen molar-refractivity contribution in [2.75, 3.05) is 13.1 Å². The third kappa shape index (κ3) is 3.22. The number of piperidine rings is 1. The van der Waals surface area contributed by atoms with Crippen LogP contribution in [0.25, 0.3) is 0 Å². The summed E-state index contributed by atoms with van der Waals surface area (Å²) in [4.78, 5) is 2.45. The number of halogens is 1. The lowest BCUT2D eigenvalue weighted by Crippen LogP contribution is -2.35. The van der Waals surface area contributed by atoms with Crippen LogP contribution in [-0.4, -0.2) is 23.4 Å². The summed E-state index contributed by atoms with van der Waals surface area (Å²) >= 11 is 6.17. The first kappa shape index (κ1) is 11.0. The monoisotopic (exact) mass is 223 g/mol. The van der Waals surface area contributed by atoms with Gasteiger partial charge in [0.15, 0.2) is 0 Å². The molecule has 82 valence electrons. The van der Waals surface area contributed by atoms with Crippen molar-refractivity contribution in [3.8, 4) is 0 Å². The molecule has 15 heavy (non-hydrogen) atoms. The first-order valence-corrected chi connectivity index (χ1v) is 6.09. The molecule has 0 saturated carbocycles. The van der Waals surface area contributed by atoms with Gasteiger partial charge in [-0.2, -0.15) is 0 Å². The lowest BCUT2D eigenvalue weighted by Gasteiger charge is -2.29. The zero-order valence-electron chi connectivity index (χ0n) is 9.25. The second-order valence-corrected chi connectivity index (χ2v) is 5.08. The van der Waals surface area contributed by atoms with Crippen molar-refractivity contribution in [2.24, 2.45) is 0 Å². The van der Waals surface area contributed by atoms with E-state index in [9.17, 15) is 0 Å². The molecule has 1 heterocycles. The first-order chi connectivity index (χ1) is 7.24. The van der Waals surface area contributed by atoms with Crippen molar-refractivity contribution in [3.63, 3.8) is 0 Å². The summed E-state index contributed by atoms with van der Waals surface area (Å²) in [5, 5.41) is 0.351. The Labute approximate surface area is 97.0 Å². The highest BCUT2D eigenvalue weighted by Gasteiger charge is 2.17. The Morgan fingerprint density at radius 1 is 1.47 bits per heavy atom. The summed E-state index contributed by atoms with van der Waals surface area (Å²) in [7, 11) is 0. The average Bonchev–Trinajstić information content (AvgIpc) is 2.17. The predicted octanol–water partition coefficient (Wildman–Crippen LogP) is 3.20. The standard InChI is InChI=1S/C13H18ClN/c1-11-4-2-5-12(8-11)9-15-7-3-6-13(14)10-15/h2,4-5,8,13H,3,6-7,9-10H2,1H3. The Morgan fingerprint density at radius 2 is 2.33 bits per heavy atom. The molecule has 0 aromatic heterocycles. The van der Waals surface area contributed by atoms with Crippen LogP contribution < -0.4 is 0 Å². The summed E-state index contributed by atoms with van der Waals surface area (Å²) < 4.78 is 0. The normalized spacial score (nSPS) is 22.9. The summed E-state index contributed by atoms with van der Waals surface area (Å²) in [6, 6.07) is 8.74. The van der Waals surface area contributed by atoms with Gasteiger partial charge in [-0.15, -0.1) is 11.6 Å². The van der Waals surface area contributed by atoms with Crippen molar-refractivity contribution >= 4 is 11.6 Å². The van der Waals surface area contributed by atoms with Crippen LogP contribution in [0.4, 0.5) is 0 Å². The maximum Gasteiger partial charge on any atom is 0.0463 e. The molecule has 1 aliphatic rings. The third-order valence-corrected chi connectivity index (χ3v) is 3.29. The van der Waals surface area contributed by atoms with E-state index in [4.69, 9.17) is 11.6 Å². The van der Waals surface area contributed by atoms with Crippen LogP contribution >= 0.6 is 11.6 Å². The zero-order chi connectivity index (χ0) is 10.7. The second kappa shape index (κ2) is 5.00. The lowest BCUT2D eigenvalue weighted by molar-refractivity contribution is 0.224. The summed E-state index contributed by atoms with van der Waals surface area (Å²) in [6.07, 6.45) is 2.41. The molecule has 1 aromatic rings. The summed E-state index contributed by atoms with van der Waals surface area (Å²) in [5.74, 6) is 0. The van der Waals surface area contributed by atoms with Crippen molar-refractivity contribution in [1.29, 1.82) is 0 Å². The molecule has 0 radical (unpaired) electrons. The predicted molar refractivity (Wildman–Crippen MR) is 65.3 cm³/mol. The van der Waals surface area contributed by atoms with E-state index in [0.29, 0.717) is 5.38 Å². The smallest absolute Gasteiger partial charge is 0.0463 e. The van der Waals surface area contributed by atoms with E-state index in [1.165, 1.54) is 30.5 Å². The topological polar surface area (TPSA) is 3.24 Å². The summed E-state index contributed by atoms with van der Waals surface area (Å²) in [6.45, 7) is 5.42. The van der Waals surface area contributed by atoms with Crippen molar-refractivity contribution in [2.45, 2.75) is 31.7 Å². The molecule has 1 fully saturated rings. The first-order valence-electron chi connectivity index (χ1n) is 5.66. The molecule has 1 nitrogen and oxygen atoms in total. The summed E-state index contributed by atoms with van der Waals surface area (Å²) in [5.41, 5.74) is 2.74. The molecule has 0 amide bonds. The van der Waals surface area contributed by atoms with Gasteiger partial charge in [0.05, 0.1) is 0 Å². The van der Waals surface area contributed by atoms with Crippen molar-refractivity contribution in [3.05, 3.63) is 35.4 Å². The van der Waals surface area contributed by atoms with E-state index in [-0.39, 0.29) is 0 Å². The van der Waals surface area contributed by atoms with Gasteiger partial charge in [0.25, 0.3) is 0 Å². The van der Waals surface area contributed by atoms with Crippen LogP contribution in [-0.2, 0) is 6.54 Å². The molecular formula is C13H18ClN. The highest BCUT2D eigenvalue weighted by molar-refractivity contribution is 6.20. The van der Waals surface area contributed by atoms with Gasteiger partial charge in [0, 0.05) is 18.5 Å². The van der Waals surface area contributed by atoms with Crippen molar-refractivity contribution in [1.82, 2.24) is 4.90 Å². The van der Waals surface area contributed by atoms with Crippen molar-refractivity contribution < 1.29 is 0 Å². The number of alkyl halides is 1. The molecule has 1 aliphatic heterocycles. The third-order valence-electron chi connectivity index (χ3n) is 2.94. The second-order valence-electron chi connectivity index (χ2n) is 4.46. The number of benzene rings is 1. The van der Waals surface area contributed by atoms with Gasteiger partial charge in [-0.3, -0.25) is 4.90 Å². The van der Waals surface area contributed by atoms with Crippen LogP contribution in [0.2, 0.25) is 0 Å². The Bertz CT molecular complexity index is 324. The van der Waals surface area contributed by atoms with E-state index in [1.54, 1.807) is 0 Å². The van der Waals surface area contributed by atoms with E-state index < -0.39 is 0 Å². The maximum absolute atomic E-state index is 6.17. The molecule has 0 aliphatic carbocycles. The highest BCUT2D eigenvalue weighted by atomic mass is 35.5. The maximum atomic E-state index is 6.17. The SMILES string of the molecule is Cc1cccc(CN2CCCC(Cl)C2)c1. The highest BCUT2D eigenvalue weighted by Crippen LogP contribution is 2.17. The number of rotatable bonds is 2. The van der Waals surface area contributed by atoms with Gasteiger partial charge in [0.1, 0.15) is 0 Å². The number of likely N-dealkylation sites (tertiary alicyclic amines) is 1. The lowest BCUT2D eigenvalue weighted by atomic mass is 10.1. The fourth-order valence-corrected chi connectivity index (χ4v) is 2.56. The number of hydrogen-bond donors (Lipinski definition) is 0. The molecule has 0 bridgehead atoms. The molecule has 0 spiro atoms. The molecule has 1 aromatic carbocycles. The molecule has 2 heteroatoms. The van der Waals surface area contributed by atoms with Gasteiger partial charge >= 0.3 is 0 Å². The van der Waals surface area contributed by atoms with E-state index >= 15 is 0 Å². The quantitative estimate of drug-likeness (QED) is 0.696. The fourth-order valence-electron chi connectivity index (χ4n) is 2.21. The van der Waals surface area contributed by atoms with Gasteiger partial charge < -0.3 is 0 Å². The Morgan fingerprint density at radius 3 is 3.07 bits per heavy atom. The van der Waals surface area contributed by atoms with Gasteiger partial charge in [-0.25, -0.2) is 0 Å². The Hall–Kier alpha value is -0.530. The van der Waals surface area contributed by atoms with Gasteiger partial charge in [-0.1, -0.05) is 29.8 Å². The van der Waals surface area contributed by atoms with Crippen LogP contribution in [0, 0.1) is 6.92 Å². The molecule has 0 N–H and O–H groups in total. The van der Waals surface area contributed by atoms with E-state index in [1.807, 2.05) is 0 Å². The fraction of sp³-hybridized carbons (Fsp3) is 0.538. The average molecular weight is 224 g/mol.